The van der Waals surface area contributed by atoms with Gasteiger partial charge in [0.25, 0.3) is 0 Å². The summed E-state index contributed by atoms with van der Waals surface area (Å²) in [5, 5.41) is 15.0. The van der Waals surface area contributed by atoms with E-state index in [9.17, 15) is 4.79 Å². The Bertz CT molecular complexity index is 1030. The molecule has 9 heteroatoms. The highest BCUT2D eigenvalue weighted by Crippen LogP contribution is 2.29. The molecule has 0 aliphatic carbocycles. The summed E-state index contributed by atoms with van der Waals surface area (Å²) < 4.78 is 8.82. The molecule has 3 aromatic heterocycles. The smallest absolute Gasteiger partial charge is 0.413 e. The van der Waals surface area contributed by atoms with Crippen LogP contribution in [0.5, 0.6) is 0 Å². The van der Waals surface area contributed by atoms with Crippen LogP contribution in [0.25, 0.3) is 16.8 Å². The lowest BCUT2D eigenvalue weighted by Crippen LogP contribution is -2.30. The largest absolute Gasteiger partial charge is 0.444 e. The first-order chi connectivity index (χ1) is 13.8. The van der Waals surface area contributed by atoms with E-state index in [1.165, 1.54) is 0 Å². The molecule has 0 spiro atoms. The average Bonchev–Trinajstić information content (AvgIpc) is 3.26. The Morgan fingerprint density at radius 1 is 1.31 bits per heavy atom. The third-order valence-corrected chi connectivity index (χ3v) is 4.85. The van der Waals surface area contributed by atoms with Gasteiger partial charge in [-0.2, -0.15) is 14.7 Å². The van der Waals surface area contributed by atoms with Crippen LogP contribution in [0.15, 0.2) is 24.7 Å². The normalized spacial score (nSPS) is 17.4. The van der Waals surface area contributed by atoms with Gasteiger partial charge < -0.3 is 10.1 Å². The highest BCUT2D eigenvalue weighted by molar-refractivity contribution is 5.85. The van der Waals surface area contributed by atoms with Crippen molar-refractivity contribution in [1.29, 1.82) is 0 Å². The summed E-state index contributed by atoms with van der Waals surface area (Å²) in [7, 11) is 1.87. The zero-order valence-corrected chi connectivity index (χ0v) is 17.3. The van der Waals surface area contributed by atoms with Crippen LogP contribution >= 0.6 is 0 Å². The predicted molar refractivity (Wildman–Crippen MR) is 110 cm³/mol. The van der Waals surface area contributed by atoms with Crippen molar-refractivity contribution in [1.82, 2.24) is 29.7 Å². The minimum atomic E-state index is -0.586. The minimum absolute atomic E-state index is 0.282. The molecule has 4 rings (SSSR count). The van der Waals surface area contributed by atoms with E-state index in [-0.39, 0.29) is 5.92 Å². The minimum Gasteiger partial charge on any atom is -0.444 e. The number of amides is 1. The maximum atomic E-state index is 12.4. The number of carbonyl (C=O) groups excluding carboxylic acids is 1. The lowest BCUT2D eigenvalue weighted by Gasteiger charge is -2.23. The molecule has 1 unspecified atom stereocenters. The molecule has 0 bridgehead atoms. The summed E-state index contributed by atoms with van der Waals surface area (Å²) in [5.74, 6) is 0.824. The Kier molecular flexibility index (Phi) is 4.99. The van der Waals surface area contributed by atoms with Crippen LogP contribution in [0.1, 0.15) is 45.2 Å². The van der Waals surface area contributed by atoms with E-state index in [1.54, 1.807) is 21.6 Å². The number of hydrogen-bond donors (Lipinski definition) is 2. The SMILES string of the molecule is Cn1cc(-c2cnn3c(NC(=O)OC(C)(C)C)cc(C4CCCNC4)nc23)cn1. The average molecular weight is 397 g/mol. The van der Waals surface area contributed by atoms with Gasteiger partial charge in [0.2, 0.25) is 0 Å². The lowest BCUT2D eigenvalue weighted by molar-refractivity contribution is 0.0635. The molecule has 1 saturated heterocycles. The van der Waals surface area contributed by atoms with E-state index in [4.69, 9.17) is 9.72 Å². The molecule has 1 atom stereocenters. The van der Waals surface area contributed by atoms with Gasteiger partial charge in [0, 0.05) is 42.9 Å². The van der Waals surface area contributed by atoms with Gasteiger partial charge in [0.1, 0.15) is 11.4 Å². The number of fused-ring (bicyclic) bond motifs is 1. The number of anilines is 1. The third-order valence-electron chi connectivity index (χ3n) is 4.85. The molecule has 0 saturated carbocycles. The molecule has 0 aromatic carbocycles. The van der Waals surface area contributed by atoms with E-state index >= 15 is 0 Å². The first-order valence-electron chi connectivity index (χ1n) is 9.88. The number of hydrogen-bond acceptors (Lipinski definition) is 6. The molecular weight excluding hydrogens is 370 g/mol. The molecule has 1 aliphatic rings. The molecule has 1 amide bonds. The molecular formula is C20H27N7O2. The molecule has 2 N–H and O–H groups in total. The number of rotatable bonds is 3. The maximum absolute atomic E-state index is 12.4. The molecule has 4 heterocycles. The second kappa shape index (κ2) is 7.47. The topological polar surface area (TPSA) is 98.4 Å². The van der Waals surface area contributed by atoms with Gasteiger partial charge >= 0.3 is 6.09 Å². The van der Waals surface area contributed by atoms with E-state index in [2.05, 4.69) is 20.8 Å². The summed E-state index contributed by atoms with van der Waals surface area (Å²) in [6.07, 6.45) is 7.10. The number of ether oxygens (including phenoxy) is 1. The van der Waals surface area contributed by atoms with Gasteiger partial charge in [0.15, 0.2) is 5.65 Å². The Balaban J connectivity index is 1.78. The second-order valence-corrected chi connectivity index (χ2v) is 8.43. The number of aryl methyl sites for hydroxylation is 1. The number of nitrogens with one attached hydrogen (secondary N) is 2. The molecule has 1 aliphatic heterocycles. The third kappa shape index (κ3) is 4.24. The fourth-order valence-corrected chi connectivity index (χ4v) is 3.56. The molecule has 3 aromatic rings. The Labute approximate surface area is 169 Å². The monoisotopic (exact) mass is 397 g/mol. The summed E-state index contributed by atoms with van der Waals surface area (Å²) in [6.45, 7) is 7.40. The Hall–Kier alpha value is -2.94. The van der Waals surface area contributed by atoms with Crippen LogP contribution in [0.4, 0.5) is 10.6 Å². The molecule has 154 valence electrons. The fraction of sp³-hybridized carbons (Fsp3) is 0.500. The van der Waals surface area contributed by atoms with Gasteiger partial charge in [0.05, 0.1) is 18.1 Å². The quantitative estimate of drug-likeness (QED) is 0.705. The summed E-state index contributed by atoms with van der Waals surface area (Å²) in [6, 6.07) is 1.90. The van der Waals surface area contributed by atoms with Crippen LogP contribution in [0, 0.1) is 0 Å². The lowest BCUT2D eigenvalue weighted by atomic mass is 9.96. The first-order valence-corrected chi connectivity index (χ1v) is 9.88. The van der Waals surface area contributed by atoms with Crippen molar-refractivity contribution in [2.45, 2.75) is 45.1 Å². The highest BCUT2D eigenvalue weighted by atomic mass is 16.6. The van der Waals surface area contributed by atoms with Gasteiger partial charge in [-0.25, -0.2) is 9.78 Å². The van der Waals surface area contributed by atoms with Crippen molar-refractivity contribution < 1.29 is 9.53 Å². The summed E-state index contributed by atoms with van der Waals surface area (Å²) in [5.41, 5.74) is 2.83. The van der Waals surface area contributed by atoms with Crippen molar-refractivity contribution in [3.63, 3.8) is 0 Å². The fourth-order valence-electron chi connectivity index (χ4n) is 3.56. The standard InChI is InChI=1S/C20H27N7O2/c1-20(2,3)29-19(28)25-17-8-16(13-6-5-7-21-9-13)24-18-15(11-23-27(17)18)14-10-22-26(4)12-14/h8,10-13,21H,5-7,9H2,1-4H3,(H,25,28). The molecule has 0 radical (unpaired) electrons. The maximum Gasteiger partial charge on any atom is 0.413 e. The van der Waals surface area contributed by atoms with Crippen LogP contribution in [-0.4, -0.2) is 49.2 Å². The molecule has 1 fully saturated rings. The Morgan fingerprint density at radius 3 is 2.79 bits per heavy atom. The highest BCUT2D eigenvalue weighted by Gasteiger charge is 2.23. The van der Waals surface area contributed by atoms with E-state index < -0.39 is 11.7 Å². The van der Waals surface area contributed by atoms with E-state index in [1.807, 2.05) is 40.1 Å². The van der Waals surface area contributed by atoms with Gasteiger partial charge in [-0.15, -0.1) is 0 Å². The zero-order chi connectivity index (χ0) is 20.6. The predicted octanol–water partition coefficient (Wildman–Crippen LogP) is 2.94. The van der Waals surface area contributed by atoms with Gasteiger partial charge in [-0.3, -0.25) is 10.00 Å². The number of aromatic nitrogens is 5. The van der Waals surface area contributed by atoms with Crippen LogP contribution in [-0.2, 0) is 11.8 Å². The summed E-state index contributed by atoms with van der Waals surface area (Å²) >= 11 is 0. The first kappa shape index (κ1) is 19.4. The van der Waals surface area contributed by atoms with E-state index in [0.29, 0.717) is 11.5 Å². The number of nitrogens with zero attached hydrogens (tertiary/aromatic N) is 5. The van der Waals surface area contributed by atoms with Crippen molar-refractivity contribution in [3.8, 4) is 11.1 Å². The molecule has 9 nitrogen and oxygen atoms in total. The molecule has 29 heavy (non-hydrogen) atoms. The number of piperidine rings is 1. The number of carbonyl (C=O) groups is 1. The zero-order valence-electron chi connectivity index (χ0n) is 17.3. The van der Waals surface area contributed by atoms with Crippen molar-refractivity contribution in [2.24, 2.45) is 7.05 Å². The van der Waals surface area contributed by atoms with Crippen LogP contribution in [0.2, 0.25) is 0 Å². The van der Waals surface area contributed by atoms with Gasteiger partial charge in [-0.05, 0) is 40.2 Å². The van der Waals surface area contributed by atoms with E-state index in [0.717, 1.165) is 42.8 Å². The summed E-state index contributed by atoms with van der Waals surface area (Å²) in [4.78, 5) is 17.3. The van der Waals surface area contributed by atoms with Crippen molar-refractivity contribution in [3.05, 3.63) is 30.4 Å². The van der Waals surface area contributed by atoms with Gasteiger partial charge in [-0.1, -0.05) is 0 Å². The van der Waals surface area contributed by atoms with Crippen molar-refractivity contribution >= 4 is 17.6 Å². The second-order valence-electron chi connectivity index (χ2n) is 8.43. The van der Waals surface area contributed by atoms with Crippen LogP contribution < -0.4 is 10.6 Å². The van der Waals surface area contributed by atoms with Crippen LogP contribution in [0.3, 0.4) is 0 Å². The van der Waals surface area contributed by atoms with Crippen molar-refractivity contribution in [2.75, 3.05) is 18.4 Å². The Morgan fingerprint density at radius 2 is 2.14 bits per heavy atom.